The van der Waals surface area contributed by atoms with Gasteiger partial charge in [-0.3, -0.25) is 14.4 Å². The Morgan fingerprint density at radius 2 is 0.559 bits per heavy atom. The summed E-state index contributed by atoms with van der Waals surface area (Å²) in [5, 5.41) is 0. The molecule has 0 rings (SSSR count). The lowest BCUT2D eigenvalue weighted by atomic mass is 10.0. The predicted octanol–water partition coefficient (Wildman–Crippen LogP) is 17.1. The lowest BCUT2D eigenvalue weighted by Crippen LogP contribution is -2.30. The molecule has 0 aromatic carbocycles. The van der Waals surface area contributed by atoms with Gasteiger partial charge in [-0.1, -0.05) is 259 Å². The average Bonchev–Trinajstić information content (AvgIpc) is 3.22. The SMILES string of the molecule is CCCCCCCCCCCCCCCCC(=O)O[C@@H](COC(=O)CCCCCCCCCCCCCCC)COC(=O)CCCCCCCCCCCCCC(C)C. The molecule has 0 saturated heterocycles. The van der Waals surface area contributed by atoms with Crippen LogP contribution in [0.2, 0.25) is 0 Å². The molecular formula is C53H102O6. The molecular weight excluding hydrogens is 733 g/mol. The summed E-state index contributed by atoms with van der Waals surface area (Å²) >= 11 is 0. The summed E-state index contributed by atoms with van der Waals surface area (Å²) in [4.78, 5) is 38.0. The van der Waals surface area contributed by atoms with Crippen molar-refractivity contribution in [1.82, 2.24) is 0 Å². The molecule has 6 heteroatoms. The van der Waals surface area contributed by atoms with Crippen LogP contribution in [0.4, 0.5) is 0 Å². The number of esters is 3. The first-order valence-corrected chi connectivity index (χ1v) is 26.4. The minimum absolute atomic E-state index is 0.0625. The van der Waals surface area contributed by atoms with Gasteiger partial charge in [0.25, 0.3) is 0 Å². The van der Waals surface area contributed by atoms with Gasteiger partial charge in [0, 0.05) is 19.3 Å². The van der Waals surface area contributed by atoms with Gasteiger partial charge in [0.2, 0.25) is 0 Å². The maximum Gasteiger partial charge on any atom is 0.306 e. The van der Waals surface area contributed by atoms with Crippen molar-refractivity contribution in [1.29, 1.82) is 0 Å². The highest BCUT2D eigenvalue weighted by Gasteiger charge is 2.19. The third-order valence-corrected chi connectivity index (χ3v) is 12.0. The maximum absolute atomic E-state index is 12.8. The monoisotopic (exact) mass is 835 g/mol. The van der Waals surface area contributed by atoms with Crippen LogP contribution in [0.1, 0.15) is 297 Å². The summed E-state index contributed by atoms with van der Waals surface area (Å²) in [6, 6.07) is 0. The van der Waals surface area contributed by atoms with E-state index < -0.39 is 6.10 Å². The molecule has 0 aliphatic carbocycles. The summed E-state index contributed by atoms with van der Waals surface area (Å²) in [5.41, 5.74) is 0. The fourth-order valence-electron chi connectivity index (χ4n) is 8.04. The summed E-state index contributed by atoms with van der Waals surface area (Å²) < 4.78 is 16.8. The van der Waals surface area contributed by atoms with E-state index in [1.54, 1.807) is 0 Å². The fraction of sp³-hybridized carbons (Fsp3) is 0.943. The lowest BCUT2D eigenvalue weighted by Gasteiger charge is -2.18. The van der Waals surface area contributed by atoms with Crippen LogP contribution in [0.15, 0.2) is 0 Å². The van der Waals surface area contributed by atoms with Crippen LogP contribution >= 0.6 is 0 Å². The molecule has 0 spiro atoms. The predicted molar refractivity (Wildman–Crippen MR) is 252 cm³/mol. The molecule has 0 bridgehead atoms. The van der Waals surface area contributed by atoms with E-state index in [1.807, 2.05) is 0 Å². The highest BCUT2D eigenvalue weighted by atomic mass is 16.6. The maximum atomic E-state index is 12.8. The van der Waals surface area contributed by atoms with Crippen LogP contribution in [0.3, 0.4) is 0 Å². The van der Waals surface area contributed by atoms with E-state index in [2.05, 4.69) is 27.7 Å². The summed E-state index contributed by atoms with van der Waals surface area (Å²) in [7, 11) is 0. The molecule has 0 fully saturated rings. The zero-order chi connectivity index (χ0) is 43.1. The van der Waals surface area contributed by atoms with E-state index in [0.717, 1.165) is 63.7 Å². The van der Waals surface area contributed by atoms with Crippen LogP contribution in [0.25, 0.3) is 0 Å². The molecule has 59 heavy (non-hydrogen) atoms. The van der Waals surface area contributed by atoms with E-state index in [0.29, 0.717) is 19.3 Å². The number of hydrogen-bond acceptors (Lipinski definition) is 6. The van der Waals surface area contributed by atoms with Gasteiger partial charge < -0.3 is 14.2 Å². The van der Waals surface area contributed by atoms with Crippen molar-refractivity contribution >= 4 is 17.9 Å². The van der Waals surface area contributed by atoms with Gasteiger partial charge in [-0.15, -0.1) is 0 Å². The Kier molecular flexibility index (Phi) is 46.2. The molecule has 0 N–H and O–H groups in total. The van der Waals surface area contributed by atoms with Gasteiger partial charge in [-0.05, 0) is 25.2 Å². The minimum atomic E-state index is -0.760. The van der Waals surface area contributed by atoms with Crippen LogP contribution in [-0.2, 0) is 28.6 Å². The average molecular weight is 835 g/mol. The molecule has 0 aliphatic heterocycles. The summed E-state index contributed by atoms with van der Waals surface area (Å²) in [6.45, 7) is 9.03. The second kappa shape index (κ2) is 47.5. The standard InChI is InChI=1S/C53H102O6/c1-5-7-9-11-13-15-17-19-21-25-30-34-38-42-46-53(56)59-50(47-57-51(54)44-40-36-32-28-24-20-18-16-14-12-10-8-6-2)48-58-52(55)45-41-37-33-29-26-22-23-27-31-35-39-43-49(3)4/h49-50H,5-48H2,1-4H3/t50-/m0/s1. The summed E-state index contributed by atoms with van der Waals surface area (Å²) in [5.74, 6) is -0.0154. The fourth-order valence-corrected chi connectivity index (χ4v) is 8.04. The van der Waals surface area contributed by atoms with E-state index in [9.17, 15) is 14.4 Å². The van der Waals surface area contributed by atoms with Gasteiger partial charge >= 0.3 is 17.9 Å². The minimum Gasteiger partial charge on any atom is -0.462 e. The van der Waals surface area contributed by atoms with Crippen LogP contribution in [-0.4, -0.2) is 37.2 Å². The highest BCUT2D eigenvalue weighted by molar-refractivity contribution is 5.71. The van der Waals surface area contributed by atoms with E-state index in [4.69, 9.17) is 14.2 Å². The first kappa shape index (κ1) is 57.4. The van der Waals surface area contributed by atoms with E-state index >= 15 is 0 Å². The number of ether oxygens (including phenoxy) is 3. The van der Waals surface area contributed by atoms with Crippen molar-refractivity contribution < 1.29 is 28.6 Å². The van der Waals surface area contributed by atoms with Crippen LogP contribution in [0, 0.1) is 5.92 Å². The van der Waals surface area contributed by atoms with Crippen molar-refractivity contribution in [2.24, 2.45) is 5.92 Å². The molecule has 0 heterocycles. The van der Waals surface area contributed by atoms with Crippen molar-refractivity contribution in [3.8, 4) is 0 Å². The van der Waals surface area contributed by atoms with Crippen molar-refractivity contribution in [3.63, 3.8) is 0 Å². The molecule has 0 unspecified atom stereocenters. The largest absolute Gasteiger partial charge is 0.462 e. The number of carbonyl (C=O) groups is 3. The third kappa shape index (κ3) is 47.3. The van der Waals surface area contributed by atoms with Gasteiger partial charge in [0.15, 0.2) is 6.10 Å². The van der Waals surface area contributed by atoms with Crippen LogP contribution < -0.4 is 0 Å². The Bertz CT molecular complexity index is 887. The molecule has 6 nitrogen and oxygen atoms in total. The van der Waals surface area contributed by atoms with Gasteiger partial charge in [0.1, 0.15) is 13.2 Å². The molecule has 0 radical (unpaired) electrons. The van der Waals surface area contributed by atoms with E-state index in [1.165, 1.54) is 193 Å². The molecule has 0 amide bonds. The molecule has 0 aromatic rings. The molecule has 1 atom stereocenters. The zero-order valence-electron chi connectivity index (χ0n) is 40.2. The number of hydrogen-bond donors (Lipinski definition) is 0. The molecule has 0 saturated carbocycles. The Morgan fingerprint density at radius 1 is 0.322 bits per heavy atom. The summed E-state index contributed by atoms with van der Waals surface area (Å²) in [6.07, 6.45) is 49.4. The van der Waals surface area contributed by atoms with Gasteiger partial charge in [0.05, 0.1) is 0 Å². The van der Waals surface area contributed by atoms with Crippen molar-refractivity contribution in [2.45, 2.75) is 303 Å². The first-order chi connectivity index (χ1) is 28.9. The number of carbonyl (C=O) groups excluding carboxylic acids is 3. The van der Waals surface area contributed by atoms with Crippen LogP contribution in [0.5, 0.6) is 0 Å². The Labute approximate surface area is 368 Å². The number of unbranched alkanes of at least 4 members (excludes halogenated alkanes) is 35. The van der Waals surface area contributed by atoms with Gasteiger partial charge in [-0.2, -0.15) is 0 Å². The normalized spacial score (nSPS) is 11.9. The van der Waals surface area contributed by atoms with Crippen molar-refractivity contribution in [2.75, 3.05) is 13.2 Å². The Morgan fingerprint density at radius 3 is 0.831 bits per heavy atom. The lowest BCUT2D eigenvalue weighted by molar-refractivity contribution is -0.167. The smallest absolute Gasteiger partial charge is 0.306 e. The third-order valence-electron chi connectivity index (χ3n) is 12.0. The quantitative estimate of drug-likeness (QED) is 0.0345. The van der Waals surface area contributed by atoms with E-state index in [-0.39, 0.29) is 31.1 Å². The molecule has 0 aliphatic rings. The highest BCUT2D eigenvalue weighted by Crippen LogP contribution is 2.17. The second-order valence-electron chi connectivity index (χ2n) is 18.6. The molecule has 0 aromatic heterocycles. The number of rotatable bonds is 48. The Balaban J connectivity index is 4.31. The van der Waals surface area contributed by atoms with Crippen molar-refractivity contribution in [3.05, 3.63) is 0 Å². The zero-order valence-corrected chi connectivity index (χ0v) is 40.2. The van der Waals surface area contributed by atoms with Gasteiger partial charge in [-0.25, -0.2) is 0 Å². The Hall–Kier alpha value is -1.59. The topological polar surface area (TPSA) is 78.9 Å². The molecule has 350 valence electrons. The first-order valence-electron chi connectivity index (χ1n) is 26.4. The second-order valence-corrected chi connectivity index (χ2v) is 18.6.